The molecule has 0 atom stereocenters. The molecule has 0 amide bonds. The minimum Gasteiger partial charge on any atom is -0.278 e. The second-order valence-electron chi connectivity index (χ2n) is 7.04. The van der Waals surface area contributed by atoms with Crippen LogP contribution in [0.1, 0.15) is 5.56 Å². The summed E-state index contributed by atoms with van der Waals surface area (Å²) >= 11 is 7.07. The predicted molar refractivity (Wildman–Crippen MR) is 128 cm³/mol. The molecule has 0 unspecified atom stereocenters. The summed E-state index contributed by atoms with van der Waals surface area (Å²) in [5.74, 6) is -0.562. The molecule has 0 spiro atoms. The average molecular weight is 523 g/mol. The molecule has 8 nitrogen and oxygen atoms in total. The molecule has 0 aliphatic rings. The fourth-order valence-electron chi connectivity index (χ4n) is 3.20. The van der Waals surface area contributed by atoms with Gasteiger partial charge < -0.3 is 0 Å². The highest BCUT2D eigenvalue weighted by atomic mass is 35.5. The maximum atomic E-state index is 13.1. The van der Waals surface area contributed by atoms with Crippen LogP contribution in [0.4, 0.5) is 11.4 Å². The normalized spacial score (nSPS) is 12.0. The number of nitro groups is 1. The number of sulfonamides is 1. The molecule has 4 aromatic rings. The van der Waals surface area contributed by atoms with Crippen LogP contribution in [-0.2, 0) is 25.6 Å². The van der Waals surface area contributed by atoms with Gasteiger partial charge in [0.05, 0.1) is 21.3 Å². The number of hydrogen-bond acceptors (Lipinski definition) is 7. The Bertz CT molecular complexity index is 1560. The Labute approximate surface area is 198 Å². The van der Waals surface area contributed by atoms with E-state index in [2.05, 4.69) is 4.72 Å². The maximum Gasteiger partial charge on any atom is 0.271 e. The monoisotopic (exact) mass is 522 g/mol. The van der Waals surface area contributed by atoms with Crippen LogP contribution < -0.4 is 4.72 Å². The van der Waals surface area contributed by atoms with Crippen molar-refractivity contribution in [3.63, 3.8) is 0 Å². The largest absolute Gasteiger partial charge is 0.278 e. The van der Waals surface area contributed by atoms with Crippen LogP contribution in [0.2, 0.25) is 5.02 Å². The first-order chi connectivity index (χ1) is 15.5. The SMILES string of the molecule is O=[N+]([O-])c1cccc(CS(=O)(=O)c2ccc(Cl)cc2NS(=O)(=O)c2cc3ccccc3s2)c1. The topological polar surface area (TPSA) is 123 Å². The molecule has 0 aliphatic carbocycles. The van der Waals surface area contributed by atoms with E-state index in [0.29, 0.717) is 0 Å². The van der Waals surface area contributed by atoms with E-state index in [0.717, 1.165) is 27.5 Å². The number of non-ortho nitro benzene ring substituents is 1. The third-order valence-electron chi connectivity index (χ3n) is 4.67. The second-order valence-corrected chi connectivity index (χ2v) is 12.4. The Morgan fingerprint density at radius 1 is 0.939 bits per heavy atom. The molecule has 12 heteroatoms. The van der Waals surface area contributed by atoms with Crippen LogP contribution in [0.5, 0.6) is 0 Å². The van der Waals surface area contributed by atoms with E-state index in [1.807, 2.05) is 0 Å². The molecule has 0 fully saturated rings. The van der Waals surface area contributed by atoms with Crippen molar-refractivity contribution in [1.29, 1.82) is 0 Å². The van der Waals surface area contributed by atoms with Gasteiger partial charge in [0.2, 0.25) is 0 Å². The molecule has 1 aromatic heterocycles. The highest BCUT2D eigenvalue weighted by Crippen LogP contribution is 2.33. The summed E-state index contributed by atoms with van der Waals surface area (Å²) in [7, 11) is -8.20. The van der Waals surface area contributed by atoms with Crippen LogP contribution in [0.25, 0.3) is 10.1 Å². The number of nitrogens with one attached hydrogen (secondary N) is 1. The highest BCUT2D eigenvalue weighted by molar-refractivity contribution is 7.95. The number of fused-ring (bicyclic) bond motifs is 1. The van der Waals surface area contributed by atoms with Crippen LogP contribution >= 0.6 is 22.9 Å². The molecular formula is C21H15ClN2O6S3. The van der Waals surface area contributed by atoms with Crippen LogP contribution in [0.3, 0.4) is 0 Å². The van der Waals surface area contributed by atoms with Crippen molar-refractivity contribution in [2.24, 2.45) is 0 Å². The van der Waals surface area contributed by atoms with Crippen molar-refractivity contribution >= 4 is 64.3 Å². The van der Waals surface area contributed by atoms with Crippen molar-refractivity contribution in [2.75, 3.05) is 4.72 Å². The minimum absolute atomic E-state index is 0.0192. The number of nitro benzene ring substituents is 1. The van der Waals surface area contributed by atoms with Crippen molar-refractivity contribution in [2.45, 2.75) is 14.9 Å². The number of halogens is 1. The van der Waals surface area contributed by atoms with Crippen molar-refractivity contribution in [1.82, 2.24) is 0 Å². The quantitative estimate of drug-likeness (QED) is 0.261. The fourth-order valence-corrected chi connectivity index (χ4v) is 7.39. The first-order valence-corrected chi connectivity index (χ1v) is 13.7. The van der Waals surface area contributed by atoms with E-state index in [-0.39, 0.29) is 31.1 Å². The first kappa shape index (κ1) is 23.2. The summed E-state index contributed by atoms with van der Waals surface area (Å²) in [6, 6.07) is 17.6. The van der Waals surface area contributed by atoms with E-state index in [1.54, 1.807) is 24.3 Å². The van der Waals surface area contributed by atoms with Gasteiger partial charge in [-0.2, -0.15) is 0 Å². The Hall–Kier alpha value is -2.99. The molecular weight excluding hydrogens is 508 g/mol. The zero-order valence-corrected chi connectivity index (χ0v) is 19.8. The molecule has 170 valence electrons. The Balaban J connectivity index is 1.71. The Morgan fingerprint density at radius 3 is 2.42 bits per heavy atom. The molecule has 0 radical (unpaired) electrons. The molecule has 1 N–H and O–H groups in total. The van der Waals surface area contributed by atoms with E-state index in [4.69, 9.17) is 11.6 Å². The molecule has 0 saturated heterocycles. The zero-order chi connectivity index (χ0) is 23.8. The van der Waals surface area contributed by atoms with E-state index < -0.39 is 30.5 Å². The Kier molecular flexibility index (Phi) is 6.14. The van der Waals surface area contributed by atoms with Crippen LogP contribution in [0.15, 0.2) is 81.9 Å². The zero-order valence-electron chi connectivity index (χ0n) is 16.6. The lowest BCUT2D eigenvalue weighted by molar-refractivity contribution is -0.384. The smallest absolute Gasteiger partial charge is 0.271 e. The van der Waals surface area contributed by atoms with Gasteiger partial charge in [-0.3, -0.25) is 14.8 Å². The Morgan fingerprint density at radius 2 is 1.70 bits per heavy atom. The third-order valence-corrected chi connectivity index (χ3v) is 9.60. The molecule has 1 heterocycles. The second kappa shape index (κ2) is 8.75. The highest BCUT2D eigenvalue weighted by Gasteiger charge is 2.25. The molecule has 33 heavy (non-hydrogen) atoms. The lowest BCUT2D eigenvalue weighted by Gasteiger charge is -2.13. The third kappa shape index (κ3) is 5.01. The van der Waals surface area contributed by atoms with Crippen molar-refractivity contribution in [3.05, 3.63) is 93.5 Å². The van der Waals surface area contributed by atoms with Crippen LogP contribution in [0, 0.1) is 10.1 Å². The van der Waals surface area contributed by atoms with Crippen molar-refractivity contribution < 1.29 is 21.8 Å². The minimum atomic E-state index is -4.11. The summed E-state index contributed by atoms with van der Waals surface area (Å²) in [6.45, 7) is 0. The van der Waals surface area contributed by atoms with E-state index >= 15 is 0 Å². The van der Waals surface area contributed by atoms with Gasteiger partial charge in [-0.1, -0.05) is 41.9 Å². The number of hydrogen-bond donors (Lipinski definition) is 1. The summed E-state index contributed by atoms with van der Waals surface area (Å²) < 4.78 is 55.4. The number of rotatable bonds is 7. The molecule has 0 aliphatic heterocycles. The van der Waals surface area contributed by atoms with Gasteiger partial charge in [-0.15, -0.1) is 11.3 Å². The standard InChI is InChI=1S/C21H15ClN2O6S3/c22-16-8-9-20(32(27,28)13-14-4-3-6-17(10-14)24(25)26)18(12-16)23-33(29,30)21-11-15-5-1-2-7-19(15)31-21/h1-12,23H,13H2. The maximum absolute atomic E-state index is 13.1. The van der Waals surface area contributed by atoms with Gasteiger partial charge in [-0.05, 0) is 41.3 Å². The predicted octanol–water partition coefficient (Wildman–Crippen LogP) is 5.24. The van der Waals surface area contributed by atoms with Gasteiger partial charge in [0, 0.05) is 21.9 Å². The van der Waals surface area contributed by atoms with Gasteiger partial charge in [-0.25, -0.2) is 16.8 Å². The summed E-state index contributed by atoms with van der Waals surface area (Å²) in [5, 5.41) is 11.9. The summed E-state index contributed by atoms with van der Waals surface area (Å²) in [4.78, 5) is 10.1. The fraction of sp³-hybridized carbons (Fsp3) is 0.0476. The van der Waals surface area contributed by atoms with E-state index in [1.165, 1.54) is 42.5 Å². The summed E-state index contributed by atoms with van der Waals surface area (Å²) in [5.41, 5.74) is -0.257. The average Bonchev–Trinajstić information content (AvgIpc) is 3.18. The molecule has 4 rings (SSSR count). The van der Waals surface area contributed by atoms with Gasteiger partial charge >= 0.3 is 0 Å². The lowest BCUT2D eigenvalue weighted by atomic mass is 10.2. The van der Waals surface area contributed by atoms with Gasteiger partial charge in [0.15, 0.2) is 9.84 Å². The number of benzene rings is 3. The molecule has 3 aromatic carbocycles. The van der Waals surface area contributed by atoms with Crippen LogP contribution in [-0.4, -0.2) is 21.8 Å². The van der Waals surface area contributed by atoms with E-state index in [9.17, 15) is 26.9 Å². The molecule has 0 saturated carbocycles. The van der Waals surface area contributed by atoms with Gasteiger partial charge in [0.1, 0.15) is 4.21 Å². The number of nitrogens with zero attached hydrogens (tertiary/aromatic N) is 1. The molecule has 0 bridgehead atoms. The number of anilines is 1. The first-order valence-electron chi connectivity index (χ1n) is 9.32. The van der Waals surface area contributed by atoms with Gasteiger partial charge in [0.25, 0.3) is 15.7 Å². The summed E-state index contributed by atoms with van der Waals surface area (Å²) in [6.07, 6.45) is 0. The van der Waals surface area contributed by atoms with Crippen molar-refractivity contribution in [3.8, 4) is 0 Å². The number of sulfone groups is 1. The lowest BCUT2D eigenvalue weighted by Crippen LogP contribution is -2.15. The number of thiophene rings is 1.